The molecule has 0 spiro atoms. The van der Waals surface area contributed by atoms with Crippen LogP contribution in [0.5, 0.6) is 5.75 Å². The summed E-state index contributed by atoms with van der Waals surface area (Å²) >= 11 is 0. The summed E-state index contributed by atoms with van der Waals surface area (Å²) in [7, 11) is 0. The van der Waals surface area contributed by atoms with Gasteiger partial charge in [-0.15, -0.1) is 0 Å². The lowest BCUT2D eigenvalue weighted by Crippen LogP contribution is -2.56. The van der Waals surface area contributed by atoms with Crippen LogP contribution < -0.4 is 10.1 Å². The minimum Gasteiger partial charge on any atom is -0.491 e. The van der Waals surface area contributed by atoms with Crippen molar-refractivity contribution in [3.63, 3.8) is 0 Å². The maximum absolute atomic E-state index is 12.5. The van der Waals surface area contributed by atoms with E-state index in [0.29, 0.717) is 16.9 Å². The molecule has 1 heterocycles. The van der Waals surface area contributed by atoms with Crippen LogP contribution in [-0.2, 0) is 16.0 Å². The van der Waals surface area contributed by atoms with Crippen LogP contribution in [0.2, 0.25) is 0 Å². The van der Waals surface area contributed by atoms with E-state index in [4.69, 9.17) is 9.15 Å². The number of aryl methyl sites for hydroxylation is 1. The van der Waals surface area contributed by atoms with Crippen molar-refractivity contribution in [1.82, 2.24) is 5.32 Å². The number of ether oxygens (including phenoxy) is 1. The van der Waals surface area contributed by atoms with E-state index in [0.717, 1.165) is 10.9 Å². The molecule has 0 aliphatic rings. The molecule has 0 saturated heterocycles. The molecule has 140 valence electrons. The zero-order valence-electron chi connectivity index (χ0n) is 15.2. The number of hydrogen-bond acceptors (Lipinski definition) is 4. The fourth-order valence-corrected chi connectivity index (χ4v) is 2.75. The first kappa shape index (κ1) is 18.5. The van der Waals surface area contributed by atoms with Crippen LogP contribution >= 0.6 is 0 Å². The summed E-state index contributed by atoms with van der Waals surface area (Å²) in [6, 6.07) is 14.6. The van der Waals surface area contributed by atoms with Gasteiger partial charge in [0.15, 0.2) is 5.54 Å². The molecule has 0 bridgehead atoms. The second kappa shape index (κ2) is 7.53. The Morgan fingerprint density at radius 2 is 1.93 bits per heavy atom. The van der Waals surface area contributed by atoms with Gasteiger partial charge in [-0.3, -0.25) is 4.79 Å². The van der Waals surface area contributed by atoms with Crippen LogP contribution in [0.15, 0.2) is 59.2 Å². The molecular weight excluding hydrogens is 346 g/mol. The maximum Gasteiger partial charge on any atom is 0.332 e. The van der Waals surface area contributed by atoms with Gasteiger partial charge < -0.3 is 19.6 Å². The van der Waals surface area contributed by atoms with E-state index in [1.54, 1.807) is 24.3 Å². The first-order valence-electron chi connectivity index (χ1n) is 8.56. The van der Waals surface area contributed by atoms with Crippen LogP contribution in [0.1, 0.15) is 18.1 Å². The number of para-hydroxylation sites is 1. The Morgan fingerprint density at radius 3 is 2.63 bits per heavy atom. The Kier molecular flexibility index (Phi) is 5.16. The fourth-order valence-electron chi connectivity index (χ4n) is 2.75. The standard InChI is InChI=1S/C21H21NO5/c1-14-8-9-17-15(12-26-18(17)10-14)11-19(23)22-21(2,20(24)25)13-27-16-6-4-3-5-7-16/h3-10,12H,11,13H2,1-2H3,(H,22,23)(H,24,25)/t21-/m0/s1. The number of hydrogen-bond donors (Lipinski definition) is 2. The summed E-state index contributed by atoms with van der Waals surface area (Å²) in [4.78, 5) is 24.2. The first-order chi connectivity index (χ1) is 12.9. The second-order valence-electron chi connectivity index (χ2n) is 6.72. The highest BCUT2D eigenvalue weighted by Gasteiger charge is 2.36. The molecule has 2 N–H and O–H groups in total. The normalized spacial score (nSPS) is 13.1. The van der Waals surface area contributed by atoms with Gasteiger partial charge in [0.1, 0.15) is 17.9 Å². The molecular formula is C21H21NO5. The lowest BCUT2D eigenvalue weighted by molar-refractivity contribution is -0.148. The van der Waals surface area contributed by atoms with Crippen LogP contribution in [0.25, 0.3) is 11.0 Å². The molecule has 0 aliphatic heterocycles. The van der Waals surface area contributed by atoms with E-state index in [1.165, 1.54) is 13.2 Å². The third-order valence-corrected chi connectivity index (χ3v) is 4.32. The van der Waals surface area contributed by atoms with Gasteiger partial charge in [-0.2, -0.15) is 0 Å². The topological polar surface area (TPSA) is 88.8 Å². The van der Waals surface area contributed by atoms with Gasteiger partial charge in [-0.1, -0.05) is 30.3 Å². The van der Waals surface area contributed by atoms with Crippen molar-refractivity contribution in [3.05, 3.63) is 65.9 Å². The lowest BCUT2D eigenvalue weighted by Gasteiger charge is -2.26. The molecule has 1 aromatic heterocycles. The average molecular weight is 367 g/mol. The number of aliphatic carboxylic acids is 1. The second-order valence-corrected chi connectivity index (χ2v) is 6.72. The summed E-state index contributed by atoms with van der Waals surface area (Å²) < 4.78 is 11.0. The molecule has 0 aliphatic carbocycles. The number of benzene rings is 2. The van der Waals surface area contributed by atoms with Crippen LogP contribution in [0.3, 0.4) is 0 Å². The van der Waals surface area contributed by atoms with E-state index in [2.05, 4.69) is 5.32 Å². The van der Waals surface area contributed by atoms with E-state index < -0.39 is 17.4 Å². The van der Waals surface area contributed by atoms with Crippen molar-refractivity contribution in [2.24, 2.45) is 0 Å². The molecule has 1 amide bonds. The molecule has 0 unspecified atom stereocenters. The Balaban J connectivity index is 1.69. The summed E-state index contributed by atoms with van der Waals surface area (Å²) in [6.45, 7) is 3.19. The average Bonchev–Trinajstić information content (AvgIpc) is 3.02. The number of rotatable bonds is 7. The Hall–Kier alpha value is -3.28. The highest BCUT2D eigenvalue weighted by molar-refractivity contribution is 5.91. The number of nitrogens with one attached hydrogen (secondary N) is 1. The Morgan fingerprint density at radius 1 is 1.19 bits per heavy atom. The molecule has 2 aromatic carbocycles. The molecule has 3 aromatic rings. The molecule has 0 saturated carbocycles. The molecule has 6 nitrogen and oxygen atoms in total. The Labute approximate surface area is 156 Å². The third-order valence-electron chi connectivity index (χ3n) is 4.32. The quantitative estimate of drug-likeness (QED) is 0.669. The molecule has 6 heteroatoms. The van der Waals surface area contributed by atoms with Crippen molar-refractivity contribution in [3.8, 4) is 5.75 Å². The van der Waals surface area contributed by atoms with E-state index in [-0.39, 0.29) is 13.0 Å². The third kappa shape index (κ3) is 4.28. The number of fused-ring (bicyclic) bond motifs is 1. The van der Waals surface area contributed by atoms with Gasteiger partial charge in [-0.05, 0) is 37.6 Å². The molecule has 3 rings (SSSR count). The first-order valence-corrected chi connectivity index (χ1v) is 8.56. The summed E-state index contributed by atoms with van der Waals surface area (Å²) in [5.74, 6) is -1.05. The minimum absolute atomic E-state index is 0.0181. The Bertz CT molecular complexity index is 963. The molecule has 0 radical (unpaired) electrons. The van der Waals surface area contributed by atoms with Gasteiger partial charge >= 0.3 is 5.97 Å². The van der Waals surface area contributed by atoms with Crippen LogP contribution in [0, 0.1) is 6.92 Å². The van der Waals surface area contributed by atoms with Crippen molar-refractivity contribution >= 4 is 22.8 Å². The maximum atomic E-state index is 12.5. The van der Waals surface area contributed by atoms with Gasteiger partial charge in [0.2, 0.25) is 5.91 Å². The highest BCUT2D eigenvalue weighted by atomic mass is 16.5. The summed E-state index contributed by atoms with van der Waals surface area (Å²) in [5.41, 5.74) is 0.915. The highest BCUT2D eigenvalue weighted by Crippen LogP contribution is 2.23. The monoisotopic (exact) mass is 367 g/mol. The largest absolute Gasteiger partial charge is 0.491 e. The smallest absolute Gasteiger partial charge is 0.332 e. The van der Waals surface area contributed by atoms with Gasteiger partial charge in [0.05, 0.1) is 12.7 Å². The van der Waals surface area contributed by atoms with Crippen molar-refractivity contribution in [1.29, 1.82) is 0 Å². The molecule has 1 atom stereocenters. The van der Waals surface area contributed by atoms with Crippen LogP contribution in [0.4, 0.5) is 0 Å². The lowest BCUT2D eigenvalue weighted by atomic mass is 10.0. The summed E-state index contributed by atoms with van der Waals surface area (Å²) in [5, 5.41) is 13.0. The predicted octanol–water partition coefficient (Wildman–Crippen LogP) is 3.32. The van der Waals surface area contributed by atoms with Crippen molar-refractivity contribution in [2.45, 2.75) is 25.8 Å². The number of carboxylic acids is 1. The van der Waals surface area contributed by atoms with E-state index >= 15 is 0 Å². The number of carbonyl (C=O) groups excluding carboxylic acids is 1. The van der Waals surface area contributed by atoms with Gasteiger partial charge in [-0.25, -0.2) is 4.79 Å². The van der Waals surface area contributed by atoms with E-state index in [1.807, 2.05) is 31.2 Å². The van der Waals surface area contributed by atoms with Crippen molar-refractivity contribution in [2.75, 3.05) is 6.61 Å². The summed E-state index contributed by atoms with van der Waals surface area (Å²) in [6.07, 6.45) is 1.55. The number of carboxylic acid groups (broad SMARTS) is 1. The SMILES string of the molecule is Cc1ccc2c(CC(=O)N[C@@](C)(COc3ccccc3)C(=O)O)coc2c1. The molecule has 0 fully saturated rings. The fraction of sp³-hybridized carbons (Fsp3) is 0.238. The molecule has 27 heavy (non-hydrogen) atoms. The number of amides is 1. The van der Waals surface area contributed by atoms with E-state index in [9.17, 15) is 14.7 Å². The minimum atomic E-state index is -1.55. The zero-order chi connectivity index (χ0) is 19.4. The predicted molar refractivity (Wildman–Crippen MR) is 101 cm³/mol. The van der Waals surface area contributed by atoms with Gasteiger partial charge in [0.25, 0.3) is 0 Å². The van der Waals surface area contributed by atoms with Gasteiger partial charge in [0, 0.05) is 10.9 Å². The zero-order valence-corrected chi connectivity index (χ0v) is 15.2. The van der Waals surface area contributed by atoms with Crippen molar-refractivity contribution < 1.29 is 23.8 Å². The van der Waals surface area contributed by atoms with Crippen LogP contribution in [-0.4, -0.2) is 29.1 Å². The number of furan rings is 1. The number of carbonyl (C=O) groups is 2.